The molecule has 5 atom stereocenters. The lowest BCUT2D eigenvalue weighted by molar-refractivity contribution is -0.262. The van der Waals surface area contributed by atoms with Gasteiger partial charge in [-0.3, -0.25) is 4.79 Å². The van der Waals surface area contributed by atoms with Crippen molar-refractivity contribution in [1.82, 2.24) is 5.32 Å². The molecule has 7 nitrogen and oxygen atoms in total. The average molecular weight is 351 g/mol. The summed E-state index contributed by atoms with van der Waals surface area (Å²) in [6.07, 6.45) is -0.843. The number of carboxylic acid groups (broad SMARTS) is 1. The van der Waals surface area contributed by atoms with Crippen LogP contribution in [0.5, 0.6) is 0 Å². The molecule has 0 aliphatic carbocycles. The Bertz CT molecular complexity index is 346. The summed E-state index contributed by atoms with van der Waals surface area (Å²) in [5.41, 5.74) is 0. The van der Waals surface area contributed by atoms with Crippen molar-refractivity contribution in [2.45, 2.75) is 63.8 Å². The maximum Gasteiger partial charge on any atom is 0.321 e. The first-order valence-electron chi connectivity index (χ1n) is 8.16. The Morgan fingerprint density at radius 2 is 2.17 bits per heavy atom. The molecule has 136 valence electrons. The van der Waals surface area contributed by atoms with Crippen LogP contribution < -0.4 is 5.32 Å². The number of thioether (sulfide) groups is 1. The summed E-state index contributed by atoms with van der Waals surface area (Å²) < 4.78 is 11.2. The third kappa shape index (κ3) is 7.36. The largest absolute Gasteiger partial charge is 0.480 e. The predicted molar refractivity (Wildman–Crippen MR) is 88.6 cm³/mol. The molecule has 4 N–H and O–H groups in total. The number of aliphatic carboxylic acids is 1. The Hall–Kier alpha value is -0.380. The van der Waals surface area contributed by atoms with Crippen molar-refractivity contribution < 1.29 is 29.6 Å². The Labute approximate surface area is 141 Å². The number of carbonyl (C=O) groups is 1. The molecule has 0 saturated carbocycles. The summed E-state index contributed by atoms with van der Waals surface area (Å²) >= 11 is 1.45. The molecular formula is C15H29NO6S. The molecule has 0 radical (unpaired) electrons. The number of aliphatic hydroxyl groups excluding tert-OH is 2. The Morgan fingerprint density at radius 3 is 2.78 bits per heavy atom. The molecule has 1 fully saturated rings. The van der Waals surface area contributed by atoms with E-state index in [2.05, 4.69) is 5.32 Å². The molecule has 0 bridgehead atoms. The SMILES string of the molecule is CCCCOC1OC(CSCC(NCC)C(=O)O)CC(O)C1O. The fraction of sp³-hybridized carbons (Fsp3) is 0.933. The summed E-state index contributed by atoms with van der Waals surface area (Å²) in [6, 6.07) is -0.597. The Balaban J connectivity index is 2.39. The molecule has 0 amide bonds. The second kappa shape index (κ2) is 11.2. The number of carboxylic acids is 1. The number of hydrogen-bond acceptors (Lipinski definition) is 7. The van der Waals surface area contributed by atoms with Crippen molar-refractivity contribution in [1.29, 1.82) is 0 Å². The fourth-order valence-electron chi connectivity index (χ4n) is 2.29. The van der Waals surface area contributed by atoms with Crippen LogP contribution in [0.4, 0.5) is 0 Å². The molecule has 1 rings (SSSR count). The fourth-order valence-corrected chi connectivity index (χ4v) is 3.40. The van der Waals surface area contributed by atoms with Gasteiger partial charge in [0, 0.05) is 24.5 Å². The quantitative estimate of drug-likeness (QED) is 0.397. The standard InChI is InChI=1S/C15H29NO6S/c1-3-5-6-21-15-13(18)12(17)7-10(22-15)8-23-9-11(14(19)20)16-4-2/h10-13,15-18H,3-9H2,1-2H3,(H,19,20). The number of nitrogens with one attached hydrogen (secondary N) is 1. The first-order chi connectivity index (χ1) is 11.0. The smallest absolute Gasteiger partial charge is 0.321 e. The van der Waals surface area contributed by atoms with Crippen molar-refractivity contribution >= 4 is 17.7 Å². The van der Waals surface area contributed by atoms with Gasteiger partial charge in [-0.05, 0) is 13.0 Å². The lowest BCUT2D eigenvalue weighted by atomic mass is 10.0. The molecule has 0 aromatic rings. The lowest BCUT2D eigenvalue weighted by Gasteiger charge is -2.36. The molecule has 0 spiro atoms. The van der Waals surface area contributed by atoms with E-state index in [1.54, 1.807) is 0 Å². The van der Waals surface area contributed by atoms with Gasteiger partial charge in [-0.2, -0.15) is 11.8 Å². The highest BCUT2D eigenvalue weighted by Crippen LogP contribution is 2.24. The minimum absolute atomic E-state index is 0.263. The summed E-state index contributed by atoms with van der Waals surface area (Å²) in [6.45, 7) is 4.97. The van der Waals surface area contributed by atoms with Crippen LogP contribution in [0.15, 0.2) is 0 Å². The number of likely N-dealkylation sites (N-methyl/N-ethyl adjacent to an activating group) is 1. The normalized spacial score (nSPS) is 29.4. The molecule has 0 aromatic carbocycles. The van der Waals surface area contributed by atoms with E-state index in [4.69, 9.17) is 14.6 Å². The molecule has 5 unspecified atom stereocenters. The zero-order valence-electron chi connectivity index (χ0n) is 13.8. The van der Waals surface area contributed by atoms with Crippen LogP contribution in [0.2, 0.25) is 0 Å². The molecule has 1 heterocycles. The van der Waals surface area contributed by atoms with Crippen molar-refractivity contribution in [2.75, 3.05) is 24.7 Å². The predicted octanol–water partition coefficient (Wildman–Crippen LogP) is 0.436. The van der Waals surface area contributed by atoms with Crippen LogP contribution in [-0.4, -0.2) is 76.6 Å². The molecular weight excluding hydrogens is 322 g/mol. The van der Waals surface area contributed by atoms with Crippen molar-refractivity contribution in [2.24, 2.45) is 0 Å². The van der Waals surface area contributed by atoms with Gasteiger partial charge in [0.15, 0.2) is 6.29 Å². The summed E-state index contributed by atoms with van der Waals surface area (Å²) in [4.78, 5) is 11.1. The van der Waals surface area contributed by atoms with E-state index in [0.717, 1.165) is 12.8 Å². The van der Waals surface area contributed by atoms with Crippen LogP contribution in [0, 0.1) is 0 Å². The van der Waals surface area contributed by atoms with Crippen LogP contribution in [-0.2, 0) is 14.3 Å². The van der Waals surface area contributed by atoms with E-state index in [-0.39, 0.29) is 6.10 Å². The summed E-state index contributed by atoms with van der Waals surface area (Å²) in [7, 11) is 0. The van der Waals surface area contributed by atoms with Crippen LogP contribution in [0.3, 0.4) is 0 Å². The van der Waals surface area contributed by atoms with Gasteiger partial charge in [0.25, 0.3) is 0 Å². The zero-order chi connectivity index (χ0) is 17.2. The van der Waals surface area contributed by atoms with Gasteiger partial charge in [0.05, 0.1) is 12.2 Å². The van der Waals surface area contributed by atoms with E-state index < -0.39 is 30.5 Å². The van der Waals surface area contributed by atoms with Crippen molar-refractivity contribution in [3.63, 3.8) is 0 Å². The average Bonchev–Trinajstić information content (AvgIpc) is 2.51. The highest BCUT2D eigenvalue weighted by molar-refractivity contribution is 7.99. The lowest BCUT2D eigenvalue weighted by Crippen LogP contribution is -2.50. The van der Waals surface area contributed by atoms with Gasteiger partial charge < -0.3 is 30.1 Å². The molecule has 1 saturated heterocycles. The summed E-state index contributed by atoms with van der Waals surface area (Å²) in [5, 5.41) is 31.8. The first kappa shape index (κ1) is 20.7. The second-order valence-electron chi connectivity index (χ2n) is 5.63. The molecule has 1 aliphatic heterocycles. The third-order valence-electron chi connectivity index (χ3n) is 3.62. The Kier molecular flexibility index (Phi) is 10.1. The van der Waals surface area contributed by atoms with E-state index in [0.29, 0.717) is 31.1 Å². The van der Waals surface area contributed by atoms with E-state index >= 15 is 0 Å². The topological polar surface area (TPSA) is 108 Å². The van der Waals surface area contributed by atoms with E-state index in [9.17, 15) is 15.0 Å². The molecule has 1 aliphatic rings. The van der Waals surface area contributed by atoms with Gasteiger partial charge in [-0.15, -0.1) is 0 Å². The first-order valence-corrected chi connectivity index (χ1v) is 9.32. The van der Waals surface area contributed by atoms with Crippen molar-refractivity contribution in [3.8, 4) is 0 Å². The maximum absolute atomic E-state index is 11.1. The molecule has 0 aromatic heterocycles. The highest BCUT2D eigenvalue weighted by atomic mass is 32.2. The third-order valence-corrected chi connectivity index (χ3v) is 4.80. The monoisotopic (exact) mass is 351 g/mol. The van der Waals surface area contributed by atoms with Crippen molar-refractivity contribution in [3.05, 3.63) is 0 Å². The van der Waals surface area contributed by atoms with E-state index in [1.807, 2.05) is 13.8 Å². The minimum atomic E-state index is -1.04. The molecule has 8 heteroatoms. The Morgan fingerprint density at radius 1 is 1.43 bits per heavy atom. The van der Waals surface area contributed by atoms with Gasteiger partial charge in [-0.25, -0.2) is 0 Å². The zero-order valence-corrected chi connectivity index (χ0v) is 14.6. The van der Waals surface area contributed by atoms with Gasteiger partial charge in [0.2, 0.25) is 0 Å². The number of aliphatic hydroxyl groups is 2. The van der Waals surface area contributed by atoms with Gasteiger partial charge in [0.1, 0.15) is 12.1 Å². The molecule has 23 heavy (non-hydrogen) atoms. The van der Waals surface area contributed by atoms with Crippen LogP contribution >= 0.6 is 11.8 Å². The highest BCUT2D eigenvalue weighted by Gasteiger charge is 2.37. The van der Waals surface area contributed by atoms with Crippen LogP contribution in [0.1, 0.15) is 33.1 Å². The van der Waals surface area contributed by atoms with Gasteiger partial charge >= 0.3 is 5.97 Å². The maximum atomic E-state index is 11.1. The number of ether oxygens (including phenoxy) is 2. The second-order valence-corrected chi connectivity index (χ2v) is 6.71. The minimum Gasteiger partial charge on any atom is -0.480 e. The van der Waals surface area contributed by atoms with Gasteiger partial charge in [-0.1, -0.05) is 20.3 Å². The van der Waals surface area contributed by atoms with E-state index in [1.165, 1.54) is 11.8 Å². The number of rotatable bonds is 11. The number of unbranched alkanes of at least 4 members (excludes halogenated alkanes) is 1. The summed E-state index contributed by atoms with van der Waals surface area (Å²) in [5.74, 6) is 0.0930. The van der Waals surface area contributed by atoms with Crippen LogP contribution in [0.25, 0.3) is 0 Å². The number of hydrogen-bond donors (Lipinski definition) is 4.